The highest BCUT2D eigenvalue weighted by atomic mass is 35.5. The molecule has 0 aromatic heterocycles. The molecule has 0 saturated carbocycles. The Labute approximate surface area is 157 Å². The van der Waals surface area contributed by atoms with Crippen molar-refractivity contribution >= 4 is 38.9 Å². The quantitative estimate of drug-likeness (QED) is 0.740. The maximum absolute atomic E-state index is 13.4. The average Bonchev–Trinajstić information content (AvgIpc) is 2.52. The predicted molar refractivity (Wildman–Crippen MR) is 93.7 cm³/mol. The number of nitrogens with one attached hydrogen (secondary N) is 1. The van der Waals surface area contributed by atoms with Crippen molar-refractivity contribution < 1.29 is 30.8 Å². The van der Waals surface area contributed by atoms with E-state index in [0.717, 1.165) is 30.5 Å². The summed E-state index contributed by atoms with van der Waals surface area (Å²) < 4.78 is 77.0. The lowest BCUT2D eigenvalue weighted by Gasteiger charge is -2.22. The van der Waals surface area contributed by atoms with Crippen molar-refractivity contribution in [1.29, 1.82) is 0 Å². The Hall–Kier alpha value is -2.33. The average molecular weight is 425 g/mol. The number of amides is 1. The van der Waals surface area contributed by atoms with E-state index in [4.69, 9.17) is 11.6 Å². The second-order valence-corrected chi connectivity index (χ2v) is 7.83. The zero-order valence-corrected chi connectivity index (χ0v) is 15.3. The zero-order chi connectivity index (χ0) is 20.4. The highest BCUT2D eigenvalue weighted by molar-refractivity contribution is 7.92. The van der Waals surface area contributed by atoms with Gasteiger partial charge in [-0.2, -0.15) is 13.2 Å². The molecule has 146 valence electrons. The molecule has 11 heteroatoms. The SMILES string of the molecule is CS(=O)(=O)N(CC(=O)Nc1ccc(Cl)cc1C(F)(F)F)c1cccc(F)c1. The van der Waals surface area contributed by atoms with Crippen molar-refractivity contribution in [3.63, 3.8) is 0 Å². The first-order chi connectivity index (χ1) is 12.4. The highest BCUT2D eigenvalue weighted by Crippen LogP contribution is 2.36. The predicted octanol–water partition coefficient (Wildman–Crippen LogP) is 3.90. The summed E-state index contributed by atoms with van der Waals surface area (Å²) >= 11 is 5.56. The molecule has 2 aromatic carbocycles. The molecule has 0 unspecified atom stereocenters. The maximum atomic E-state index is 13.4. The fourth-order valence-corrected chi connectivity index (χ4v) is 3.23. The van der Waals surface area contributed by atoms with Gasteiger partial charge in [0.15, 0.2) is 0 Å². The van der Waals surface area contributed by atoms with Crippen LogP contribution in [0.25, 0.3) is 0 Å². The molecule has 2 rings (SSSR count). The number of benzene rings is 2. The van der Waals surface area contributed by atoms with Gasteiger partial charge < -0.3 is 5.32 Å². The summed E-state index contributed by atoms with van der Waals surface area (Å²) in [5.41, 5.74) is -1.90. The van der Waals surface area contributed by atoms with Crippen LogP contribution in [0, 0.1) is 5.82 Å². The maximum Gasteiger partial charge on any atom is 0.418 e. The number of halogens is 5. The molecule has 5 nitrogen and oxygen atoms in total. The van der Waals surface area contributed by atoms with Gasteiger partial charge in [-0.05, 0) is 36.4 Å². The smallest absolute Gasteiger partial charge is 0.324 e. The third kappa shape index (κ3) is 5.57. The van der Waals surface area contributed by atoms with Crippen LogP contribution in [0.15, 0.2) is 42.5 Å². The first kappa shape index (κ1) is 21.0. The number of alkyl halides is 3. The summed E-state index contributed by atoms with van der Waals surface area (Å²) in [6.45, 7) is -0.845. The Morgan fingerprint density at radius 2 is 1.85 bits per heavy atom. The summed E-state index contributed by atoms with van der Waals surface area (Å²) in [5.74, 6) is -1.78. The first-order valence-corrected chi connectivity index (χ1v) is 9.50. The Bertz CT molecular complexity index is 964. The van der Waals surface area contributed by atoms with Gasteiger partial charge in [0.2, 0.25) is 15.9 Å². The molecule has 0 atom stereocenters. The second-order valence-electron chi connectivity index (χ2n) is 5.49. The molecule has 0 bridgehead atoms. The third-order valence-electron chi connectivity index (χ3n) is 3.34. The molecular formula is C16H13ClF4N2O3S. The van der Waals surface area contributed by atoms with Gasteiger partial charge in [0.05, 0.1) is 23.2 Å². The van der Waals surface area contributed by atoms with Crippen LogP contribution in [-0.2, 0) is 21.0 Å². The minimum Gasteiger partial charge on any atom is -0.324 e. The Balaban J connectivity index is 2.30. The van der Waals surface area contributed by atoms with Crippen molar-refractivity contribution in [2.45, 2.75) is 6.18 Å². The van der Waals surface area contributed by atoms with E-state index in [0.29, 0.717) is 10.4 Å². The summed E-state index contributed by atoms with van der Waals surface area (Å²) in [6, 6.07) is 7.19. The van der Waals surface area contributed by atoms with Crippen LogP contribution in [-0.4, -0.2) is 27.1 Å². The van der Waals surface area contributed by atoms with Crippen LogP contribution in [0.4, 0.5) is 28.9 Å². The van der Waals surface area contributed by atoms with Gasteiger partial charge in [0.1, 0.15) is 12.4 Å². The van der Waals surface area contributed by atoms with E-state index < -0.39 is 45.7 Å². The van der Waals surface area contributed by atoms with E-state index in [1.165, 1.54) is 12.1 Å². The van der Waals surface area contributed by atoms with E-state index >= 15 is 0 Å². The number of hydrogen-bond donors (Lipinski definition) is 1. The molecule has 0 heterocycles. The number of carbonyl (C=O) groups is 1. The fourth-order valence-electron chi connectivity index (χ4n) is 2.21. The minimum absolute atomic E-state index is 0.139. The molecule has 0 fully saturated rings. The molecule has 0 saturated heterocycles. The summed E-state index contributed by atoms with van der Waals surface area (Å²) in [4.78, 5) is 12.2. The van der Waals surface area contributed by atoms with Crippen molar-refractivity contribution in [2.24, 2.45) is 0 Å². The van der Waals surface area contributed by atoms with E-state index in [-0.39, 0.29) is 10.7 Å². The second kappa shape index (κ2) is 7.73. The largest absolute Gasteiger partial charge is 0.418 e. The molecular weight excluding hydrogens is 412 g/mol. The standard InChI is InChI=1S/C16H13ClF4N2O3S/c1-27(25,26)23(12-4-2-3-11(18)8-12)9-15(24)22-14-6-5-10(17)7-13(14)16(19,20)21/h2-8H,9H2,1H3,(H,22,24). The minimum atomic E-state index is -4.79. The van der Waals surface area contributed by atoms with Crippen LogP contribution in [0.5, 0.6) is 0 Å². The molecule has 0 aliphatic heterocycles. The number of hydrogen-bond acceptors (Lipinski definition) is 3. The van der Waals surface area contributed by atoms with Crippen LogP contribution in [0.2, 0.25) is 5.02 Å². The van der Waals surface area contributed by atoms with Gasteiger partial charge in [-0.15, -0.1) is 0 Å². The van der Waals surface area contributed by atoms with E-state index in [1.54, 1.807) is 0 Å². The number of nitrogens with zero attached hydrogens (tertiary/aromatic N) is 1. The normalized spacial score (nSPS) is 11.9. The monoisotopic (exact) mass is 424 g/mol. The molecule has 2 aromatic rings. The van der Waals surface area contributed by atoms with Gasteiger partial charge >= 0.3 is 6.18 Å². The molecule has 0 aliphatic carbocycles. The first-order valence-electron chi connectivity index (χ1n) is 7.28. The molecule has 0 spiro atoms. The fraction of sp³-hybridized carbons (Fsp3) is 0.188. The van der Waals surface area contributed by atoms with Crippen LogP contribution < -0.4 is 9.62 Å². The van der Waals surface area contributed by atoms with Gasteiger partial charge in [-0.25, -0.2) is 12.8 Å². The van der Waals surface area contributed by atoms with E-state index in [2.05, 4.69) is 0 Å². The van der Waals surface area contributed by atoms with Crippen LogP contribution in [0.1, 0.15) is 5.56 Å². The third-order valence-corrected chi connectivity index (χ3v) is 4.72. The lowest BCUT2D eigenvalue weighted by Crippen LogP contribution is -2.37. The van der Waals surface area contributed by atoms with Gasteiger partial charge in [-0.1, -0.05) is 17.7 Å². The molecule has 1 N–H and O–H groups in total. The number of anilines is 2. The number of sulfonamides is 1. The molecule has 0 radical (unpaired) electrons. The zero-order valence-electron chi connectivity index (χ0n) is 13.7. The molecule has 1 amide bonds. The summed E-state index contributed by atoms with van der Waals surface area (Å²) in [7, 11) is -4.00. The van der Waals surface area contributed by atoms with Gasteiger partial charge in [-0.3, -0.25) is 9.10 Å². The topological polar surface area (TPSA) is 66.5 Å². The lowest BCUT2D eigenvalue weighted by molar-refractivity contribution is -0.137. The van der Waals surface area contributed by atoms with Crippen molar-refractivity contribution in [3.8, 4) is 0 Å². The summed E-state index contributed by atoms with van der Waals surface area (Å²) in [6.07, 6.45) is -4.00. The number of carbonyl (C=O) groups excluding carboxylic acids is 1. The van der Waals surface area contributed by atoms with Crippen LogP contribution in [0.3, 0.4) is 0 Å². The van der Waals surface area contributed by atoms with Crippen molar-refractivity contribution in [2.75, 3.05) is 22.4 Å². The number of rotatable bonds is 5. The lowest BCUT2D eigenvalue weighted by atomic mass is 10.1. The van der Waals surface area contributed by atoms with Gasteiger partial charge in [0.25, 0.3) is 0 Å². The van der Waals surface area contributed by atoms with Gasteiger partial charge in [0, 0.05) is 5.02 Å². The highest BCUT2D eigenvalue weighted by Gasteiger charge is 2.34. The Morgan fingerprint density at radius 3 is 2.41 bits per heavy atom. The van der Waals surface area contributed by atoms with E-state index in [1.807, 2.05) is 5.32 Å². The Morgan fingerprint density at radius 1 is 1.19 bits per heavy atom. The molecule has 27 heavy (non-hydrogen) atoms. The van der Waals surface area contributed by atoms with Crippen molar-refractivity contribution in [1.82, 2.24) is 0 Å². The Kier molecular flexibility index (Phi) is 6.01. The summed E-state index contributed by atoms with van der Waals surface area (Å²) in [5, 5.41) is 1.83. The van der Waals surface area contributed by atoms with Crippen molar-refractivity contribution in [3.05, 3.63) is 58.9 Å². The van der Waals surface area contributed by atoms with Crippen LogP contribution >= 0.6 is 11.6 Å². The molecule has 0 aliphatic rings. The van der Waals surface area contributed by atoms with E-state index in [9.17, 15) is 30.8 Å².